The van der Waals surface area contributed by atoms with Crippen molar-refractivity contribution < 1.29 is 39.8 Å². The molecule has 0 radical (unpaired) electrons. The van der Waals surface area contributed by atoms with E-state index in [1.807, 2.05) is 6.08 Å². The van der Waals surface area contributed by atoms with Gasteiger partial charge in [-0.15, -0.1) is 0 Å². The topological polar surface area (TPSA) is 149 Å². The van der Waals surface area contributed by atoms with Crippen LogP contribution >= 0.6 is 0 Å². The molecule has 1 rings (SSSR count). The van der Waals surface area contributed by atoms with E-state index >= 15 is 0 Å². The van der Waals surface area contributed by atoms with E-state index in [0.717, 1.165) is 122 Å². The van der Waals surface area contributed by atoms with Gasteiger partial charge in [0.15, 0.2) is 6.29 Å². The van der Waals surface area contributed by atoms with Crippen LogP contribution in [0.25, 0.3) is 0 Å². The SMILES string of the molecule is CC/C=C\C/C=C\C/C=C\C/C=C\C/C=C\C/C=C\C/C=C\C/C=C\C/C=C\C/C=C\C/C=C\C/C=C\CCCCC(=O)NC(COC1OC(CO)C(O)C(O)C1O)C(O)/C=C/CCCCCC. The number of hydrogen-bond acceptors (Lipinski definition) is 8. The van der Waals surface area contributed by atoms with Crippen molar-refractivity contribution in [2.45, 2.75) is 192 Å². The fraction of sp³-hybridized carbons (Fsp3) is 0.542. The standard InChI is InChI=1S/C59H91NO8/c1-3-5-7-9-11-12-13-14-15-16-17-18-19-20-21-22-23-24-25-26-27-28-29-30-31-32-33-34-35-36-37-38-39-40-41-42-43-45-47-49-55(63)60-52(53(62)48-46-44-10-8-6-4-2)51-67-59-58(66)57(65)56(64)54(50-61)68-59/h5,7,11-12,14-15,17-18,20-21,23-24,26-27,29-30,32-33,35-36,38-39,41-42,46,48,52-54,56-59,61-62,64-66H,3-4,6,8-10,13,16,19,22,25,28,31,34,37,40,43-45,47,49-51H2,1-2H3,(H,60,63)/b7-5-,12-11-,15-14-,18-17-,21-20-,24-23-,27-26-,30-29-,33-32-,36-35-,39-38-,42-41-,48-46+. The second kappa shape index (κ2) is 46.5. The van der Waals surface area contributed by atoms with Crippen LogP contribution in [0.15, 0.2) is 158 Å². The summed E-state index contributed by atoms with van der Waals surface area (Å²) < 4.78 is 11.1. The van der Waals surface area contributed by atoms with E-state index in [2.05, 4.69) is 165 Å². The van der Waals surface area contributed by atoms with Crippen LogP contribution in [0.1, 0.15) is 149 Å². The molecule has 0 aromatic carbocycles. The lowest BCUT2D eigenvalue weighted by Gasteiger charge is -2.40. The largest absolute Gasteiger partial charge is 0.394 e. The molecule has 1 amide bonds. The zero-order valence-corrected chi connectivity index (χ0v) is 41.8. The number of ether oxygens (including phenoxy) is 2. The highest BCUT2D eigenvalue weighted by Crippen LogP contribution is 2.22. The number of rotatable bonds is 40. The highest BCUT2D eigenvalue weighted by atomic mass is 16.7. The number of carbonyl (C=O) groups excluding carboxylic acids is 1. The van der Waals surface area contributed by atoms with Crippen molar-refractivity contribution >= 4 is 5.91 Å². The minimum Gasteiger partial charge on any atom is -0.394 e. The molecule has 1 saturated heterocycles. The molecule has 0 spiro atoms. The van der Waals surface area contributed by atoms with Gasteiger partial charge in [0, 0.05) is 6.42 Å². The summed E-state index contributed by atoms with van der Waals surface area (Å²) in [6.45, 7) is 3.51. The van der Waals surface area contributed by atoms with E-state index in [-0.39, 0.29) is 18.9 Å². The molecule has 6 N–H and O–H groups in total. The Labute approximate surface area is 412 Å². The van der Waals surface area contributed by atoms with Crippen molar-refractivity contribution in [3.8, 4) is 0 Å². The molecule has 1 heterocycles. The molecule has 1 aliphatic rings. The second-order valence-corrected chi connectivity index (χ2v) is 16.9. The average molecular weight is 942 g/mol. The molecule has 9 heteroatoms. The Balaban J connectivity index is 2.17. The summed E-state index contributed by atoms with van der Waals surface area (Å²) in [5, 5.41) is 53.8. The molecule has 7 unspecified atom stereocenters. The number of carbonyl (C=O) groups is 1. The molecule has 0 aromatic rings. The first-order valence-electron chi connectivity index (χ1n) is 25.7. The molecule has 0 saturated carbocycles. The molecule has 68 heavy (non-hydrogen) atoms. The summed E-state index contributed by atoms with van der Waals surface area (Å²) in [6, 6.07) is -0.836. The van der Waals surface area contributed by atoms with Gasteiger partial charge in [-0.3, -0.25) is 4.79 Å². The van der Waals surface area contributed by atoms with Crippen LogP contribution in [0, 0.1) is 0 Å². The van der Waals surface area contributed by atoms with Crippen LogP contribution in [0.4, 0.5) is 0 Å². The predicted octanol–water partition coefficient (Wildman–Crippen LogP) is 12.1. The van der Waals surface area contributed by atoms with Gasteiger partial charge in [0.25, 0.3) is 0 Å². The van der Waals surface area contributed by atoms with Gasteiger partial charge < -0.3 is 40.3 Å². The number of aliphatic hydroxyl groups excluding tert-OH is 5. The number of unbranched alkanes of at least 4 members (excludes halogenated alkanes) is 6. The van der Waals surface area contributed by atoms with Crippen molar-refractivity contribution in [2.24, 2.45) is 0 Å². The van der Waals surface area contributed by atoms with E-state index in [4.69, 9.17) is 9.47 Å². The van der Waals surface area contributed by atoms with E-state index in [0.29, 0.717) is 6.42 Å². The van der Waals surface area contributed by atoms with Gasteiger partial charge in [0.2, 0.25) is 5.91 Å². The van der Waals surface area contributed by atoms with Gasteiger partial charge in [0.05, 0.1) is 25.4 Å². The van der Waals surface area contributed by atoms with E-state index in [1.165, 1.54) is 0 Å². The maximum absolute atomic E-state index is 12.9. The quantitative estimate of drug-likeness (QED) is 0.0263. The molecule has 9 nitrogen and oxygen atoms in total. The number of hydrogen-bond donors (Lipinski definition) is 6. The van der Waals surface area contributed by atoms with Crippen LogP contribution < -0.4 is 5.32 Å². The normalized spacial score (nSPS) is 21.0. The molecule has 0 bridgehead atoms. The first kappa shape index (κ1) is 61.8. The summed E-state index contributed by atoms with van der Waals surface area (Å²) >= 11 is 0. The molecule has 0 aliphatic carbocycles. The number of aliphatic hydroxyl groups is 5. The lowest BCUT2D eigenvalue weighted by atomic mass is 9.99. The first-order chi connectivity index (χ1) is 33.3. The Morgan fingerprint density at radius 3 is 1.32 bits per heavy atom. The summed E-state index contributed by atoms with van der Waals surface area (Å²) in [5.41, 5.74) is 0. The fourth-order valence-corrected chi connectivity index (χ4v) is 6.78. The molecular formula is C59H91NO8. The second-order valence-electron chi connectivity index (χ2n) is 16.9. The Kier molecular flexibility index (Phi) is 42.3. The van der Waals surface area contributed by atoms with E-state index < -0.39 is 49.5 Å². The third-order valence-electron chi connectivity index (χ3n) is 10.9. The third kappa shape index (κ3) is 35.9. The first-order valence-corrected chi connectivity index (χ1v) is 25.7. The Morgan fingerprint density at radius 1 is 0.515 bits per heavy atom. The minimum atomic E-state index is -1.58. The molecule has 380 valence electrons. The van der Waals surface area contributed by atoms with Crippen LogP contribution in [0.5, 0.6) is 0 Å². The monoisotopic (exact) mass is 942 g/mol. The van der Waals surface area contributed by atoms with Gasteiger partial charge in [-0.1, -0.05) is 191 Å². The van der Waals surface area contributed by atoms with Crippen molar-refractivity contribution in [1.29, 1.82) is 0 Å². The van der Waals surface area contributed by atoms with Crippen LogP contribution in [0.2, 0.25) is 0 Å². The van der Waals surface area contributed by atoms with Crippen LogP contribution in [0.3, 0.4) is 0 Å². The number of allylic oxidation sites excluding steroid dienone is 25. The Bertz CT molecular complexity index is 1610. The van der Waals surface area contributed by atoms with Crippen molar-refractivity contribution in [2.75, 3.05) is 13.2 Å². The van der Waals surface area contributed by atoms with E-state index in [9.17, 15) is 30.3 Å². The van der Waals surface area contributed by atoms with Gasteiger partial charge in [-0.2, -0.15) is 0 Å². The zero-order chi connectivity index (χ0) is 49.4. The summed E-state index contributed by atoms with van der Waals surface area (Å²) in [4.78, 5) is 12.9. The van der Waals surface area contributed by atoms with Gasteiger partial charge >= 0.3 is 0 Å². The Morgan fingerprint density at radius 2 is 0.912 bits per heavy atom. The van der Waals surface area contributed by atoms with Crippen molar-refractivity contribution in [3.05, 3.63) is 158 Å². The fourth-order valence-electron chi connectivity index (χ4n) is 6.78. The maximum Gasteiger partial charge on any atom is 0.220 e. The lowest BCUT2D eigenvalue weighted by Crippen LogP contribution is -2.60. The molecule has 1 fully saturated rings. The molecular weight excluding hydrogens is 851 g/mol. The van der Waals surface area contributed by atoms with Gasteiger partial charge in [0.1, 0.15) is 24.4 Å². The van der Waals surface area contributed by atoms with E-state index in [1.54, 1.807) is 6.08 Å². The van der Waals surface area contributed by atoms with Gasteiger partial charge in [-0.05, 0) is 109 Å². The number of amides is 1. The third-order valence-corrected chi connectivity index (χ3v) is 10.9. The summed E-state index contributed by atoms with van der Waals surface area (Å²) in [7, 11) is 0. The van der Waals surface area contributed by atoms with Crippen molar-refractivity contribution in [1.82, 2.24) is 5.32 Å². The minimum absolute atomic E-state index is 0.219. The zero-order valence-electron chi connectivity index (χ0n) is 41.8. The average Bonchev–Trinajstić information content (AvgIpc) is 3.34. The highest BCUT2D eigenvalue weighted by molar-refractivity contribution is 5.76. The van der Waals surface area contributed by atoms with Crippen LogP contribution in [-0.2, 0) is 14.3 Å². The predicted molar refractivity (Wildman–Crippen MR) is 285 cm³/mol. The maximum atomic E-state index is 12.9. The van der Waals surface area contributed by atoms with Gasteiger partial charge in [-0.25, -0.2) is 0 Å². The highest BCUT2D eigenvalue weighted by Gasteiger charge is 2.44. The summed E-state index contributed by atoms with van der Waals surface area (Å²) in [6.07, 6.45) is 67.8. The van der Waals surface area contributed by atoms with Crippen LogP contribution in [-0.4, -0.2) is 87.5 Å². The molecule has 7 atom stereocenters. The van der Waals surface area contributed by atoms with Crippen molar-refractivity contribution in [3.63, 3.8) is 0 Å². The number of nitrogens with one attached hydrogen (secondary N) is 1. The Hall–Kier alpha value is -4.19. The smallest absolute Gasteiger partial charge is 0.220 e. The molecule has 1 aliphatic heterocycles. The lowest BCUT2D eigenvalue weighted by molar-refractivity contribution is -0.302. The molecule has 0 aromatic heterocycles. The summed E-state index contributed by atoms with van der Waals surface area (Å²) in [5.74, 6) is -0.234.